The van der Waals surface area contributed by atoms with Crippen LogP contribution in [0.4, 0.5) is 0 Å². The first-order valence-electron chi connectivity index (χ1n) is 25.6. The maximum atomic E-state index is 14.1. The molecule has 0 bridgehead atoms. The summed E-state index contributed by atoms with van der Waals surface area (Å²) in [5.41, 5.74) is -2.20. The van der Waals surface area contributed by atoms with Gasteiger partial charge in [0.2, 0.25) is 5.60 Å². The van der Waals surface area contributed by atoms with Crippen LogP contribution in [0.25, 0.3) is 0 Å². The van der Waals surface area contributed by atoms with Crippen molar-refractivity contribution in [3.63, 3.8) is 0 Å². The first kappa shape index (κ1) is 61.6. The van der Waals surface area contributed by atoms with Gasteiger partial charge in [-0.3, -0.25) is 18.6 Å². The highest BCUT2D eigenvalue weighted by molar-refractivity contribution is 7.47. The molecule has 0 heterocycles. The van der Waals surface area contributed by atoms with Crippen LogP contribution >= 0.6 is 7.82 Å². The summed E-state index contributed by atoms with van der Waals surface area (Å²) in [5, 5.41) is 19.0. The van der Waals surface area contributed by atoms with Crippen molar-refractivity contribution in [1.82, 2.24) is 0 Å². The van der Waals surface area contributed by atoms with Gasteiger partial charge < -0.3 is 19.6 Å². The van der Waals surface area contributed by atoms with Gasteiger partial charge in [-0.15, -0.1) is 0 Å². The molecule has 0 radical (unpaired) electrons. The molecule has 0 saturated carbocycles. The molecule has 0 fully saturated rings. The number of rotatable bonds is 42. The lowest BCUT2D eigenvalue weighted by Crippen LogP contribution is -2.59. The third kappa shape index (κ3) is 37.8. The van der Waals surface area contributed by atoms with E-state index in [4.69, 9.17) is 9.05 Å². The molecular formula is C54H93NO8P+. The monoisotopic (exact) mass is 915 g/mol. The Morgan fingerprint density at radius 1 is 0.531 bits per heavy atom. The van der Waals surface area contributed by atoms with Crippen LogP contribution in [0, 0.1) is 47.4 Å². The maximum Gasteiger partial charge on any atom is 0.473 e. The molecule has 10 heteroatoms. The van der Waals surface area contributed by atoms with Crippen LogP contribution in [0.1, 0.15) is 232 Å². The van der Waals surface area contributed by atoms with E-state index in [-0.39, 0.29) is 23.9 Å². The maximum absolute atomic E-state index is 14.1. The SMILES string of the molecule is CCCCCCCCCCC#CC#CCCCCCCCCC(=O)C(C[N+](C)(C)C)(OP(=O)(O)OC[C@H](O)CO)C(=O)CCCCCCCCC#CC#CCCCCCCCCCC. The fraction of sp³-hybridized carbons (Fsp3) is 0.815. The van der Waals surface area contributed by atoms with Gasteiger partial charge in [-0.25, -0.2) is 4.57 Å². The molecule has 0 amide bonds. The molecule has 0 aliphatic rings. The zero-order valence-electron chi connectivity index (χ0n) is 41.5. The molecule has 0 saturated heterocycles. The molecular weight excluding hydrogens is 822 g/mol. The number of Topliss-reactive ketones (excluding diaryl/α,β-unsaturated/α-hetero) is 2. The minimum absolute atomic E-state index is 0.0157. The molecule has 0 rings (SSSR count). The van der Waals surface area contributed by atoms with Crippen molar-refractivity contribution in [1.29, 1.82) is 0 Å². The van der Waals surface area contributed by atoms with Gasteiger partial charge in [-0.1, -0.05) is 179 Å². The summed E-state index contributed by atoms with van der Waals surface area (Å²) in [4.78, 5) is 38.9. The van der Waals surface area contributed by atoms with Crippen LogP contribution in [0.3, 0.4) is 0 Å². The Bertz CT molecular complexity index is 1410. The van der Waals surface area contributed by atoms with Gasteiger partial charge in [0.1, 0.15) is 12.6 Å². The lowest BCUT2D eigenvalue weighted by Gasteiger charge is -2.37. The van der Waals surface area contributed by atoms with Crippen molar-refractivity contribution in [3.8, 4) is 47.4 Å². The number of aliphatic hydroxyl groups is 2. The summed E-state index contributed by atoms with van der Waals surface area (Å²) < 4.78 is 24.0. The first-order valence-corrected chi connectivity index (χ1v) is 27.1. The molecule has 0 aromatic heterocycles. The number of phosphoric acid groups is 1. The summed E-state index contributed by atoms with van der Waals surface area (Å²) in [5.74, 6) is 23.5. The fourth-order valence-electron chi connectivity index (χ4n) is 7.52. The number of likely N-dealkylation sites (N-methyl/N-ethyl adjacent to an activating group) is 1. The van der Waals surface area contributed by atoms with E-state index in [1.54, 1.807) is 21.1 Å². The molecule has 366 valence electrons. The molecule has 3 N–H and O–H groups in total. The molecule has 2 atom stereocenters. The molecule has 0 aromatic carbocycles. The van der Waals surface area contributed by atoms with E-state index >= 15 is 0 Å². The van der Waals surface area contributed by atoms with Gasteiger partial charge in [0.25, 0.3) is 0 Å². The second kappa shape index (κ2) is 42.0. The smallest absolute Gasteiger partial charge is 0.394 e. The minimum Gasteiger partial charge on any atom is -0.394 e. The van der Waals surface area contributed by atoms with Crippen LogP contribution in [-0.4, -0.2) is 83.8 Å². The number of aliphatic hydroxyl groups excluding tert-OH is 2. The molecule has 0 aliphatic carbocycles. The van der Waals surface area contributed by atoms with Gasteiger partial charge in [0.05, 0.1) is 34.4 Å². The van der Waals surface area contributed by atoms with Gasteiger partial charge >= 0.3 is 7.82 Å². The second-order valence-corrected chi connectivity index (χ2v) is 20.1. The fourth-order valence-corrected chi connectivity index (χ4v) is 8.59. The third-order valence-corrected chi connectivity index (χ3v) is 12.2. The van der Waals surface area contributed by atoms with E-state index in [0.717, 1.165) is 103 Å². The number of hydrogen-bond acceptors (Lipinski definition) is 7. The highest BCUT2D eigenvalue weighted by atomic mass is 31.2. The summed E-state index contributed by atoms with van der Waals surface area (Å²) in [6.07, 6.45) is 33.2. The second-order valence-electron chi connectivity index (χ2n) is 18.7. The van der Waals surface area contributed by atoms with Crippen molar-refractivity contribution in [2.45, 2.75) is 244 Å². The lowest BCUT2D eigenvalue weighted by molar-refractivity contribution is -0.874. The van der Waals surface area contributed by atoms with Crippen LogP contribution in [0.5, 0.6) is 0 Å². The average molecular weight is 915 g/mol. The van der Waals surface area contributed by atoms with Gasteiger partial charge in [0.15, 0.2) is 11.6 Å². The average Bonchev–Trinajstić information content (AvgIpc) is 3.25. The summed E-state index contributed by atoms with van der Waals surface area (Å²) in [7, 11) is 0.382. The number of unbranched alkanes of at least 4 members (excludes halogenated alkanes) is 28. The topological polar surface area (TPSA) is 130 Å². The highest BCUT2D eigenvalue weighted by Crippen LogP contribution is 2.49. The molecule has 9 nitrogen and oxygen atoms in total. The van der Waals surface area contributed by atoms with Gasteiger partial charge in [-0.2, -0.15) is 0 Å². The highest BCUT2D eigenvalue weighted by Gasteiger charge is 2.54. The first-order chi connectivity index (χ1) is 30.8. The van der Waals surface area contributed by atoms with Crippen LogP contribution in [0.15, 0.2) is 0 Å². The summed E-state index contributed by atoms with van der Waals surface area (Å²) >= 11 is 0. The van der Waals surface area contributed by atoms with E-state index < -0.39 is 44.3 Å². The number of carbonyl (C=O) groups excluding carboxylic acids is 2. The normalized spacial score (nSPS) is 12.7. The van der Waals surface area contributed by atoms with Crippen molar-refractivity contribution in [3.05, 3.63) is 0 Å². The predicted octanol–water partition coefficient (Wildman–Crippen LogP) is 12.4. The van der Waals surface area contributed by atoms with Gasteiger partial charge in [0, 0.05) is 38.5 Å². The minimum atomic E-state index is -5.00. The molecule has 1 unspecified atom stereocenters. The number of ketones is 2. The summed E-state index contributed by atoms with van der Waals surface area (Å²) in [6.45, 7) is 2.96. The number of carbonyl (C=O) groups is 2. The van der Waals surface area contributed by atoms with E-state index in [2.05, 4.69) is 61.2 Å². The van der Waals surface area contributed by atoms with Crippen LogP contribution in [0.2, 0.25) is 0 Å². The number of phosphoric ester groups is 1. The Labute approximate surface area is 393 Å². The lowest BCUT2D eigenvalue weighted by atomic mass is 9.86. The third-order valence-electron chi connectivity index (χ3n) is 11.2. The van der Waals surface area contributed by atoms with Crippen LogP contribution < -0.4 is 0 Å². The van der Waals surface area contributed by atoms with Crippen molar-refractivity contribution < 1.29 is 42.8 Å². The molecule has 0 aliphatic heterocycles. The zero-order chi connectivity index (χ0) is 47.5. The standard InChI is InChI=1S/C54H92NO8P/c1-6-8-10-12-14-16-18-20-22-24-26-28-30-32-34-36-38-40-42-44-46-52(58)54(50-55(3,4)5,63-64(60,61)62-49-51(57)48-56)53(59)47-45-43-41-39-37-35-33-31-29-27-25-23-21-19-17-15-13-11-9-7-2/h51,56-57H,6-23,32-50H2,1-5H3/p+1/t51-/m1/s1. The largest absolute Gasteiger partial charge is 0.473 e. The Morgan fingerprint density at radius 3 is 1.12 bits per heavy atom. The van der Waals surface area contributed by atoms with E-state index in [1.807, 2.05) is 0 Å². The number of quaternary nitrogens is 1. The quantitative estimate of drug-likeness (QED) is 0.0181. The molecule has 64 heavy (non-hydrogen) atoms. The Morgan fingerprint density at radius 2 is 0.828 bits per heavy atom. The predicted molar refractivity (Wildman–Crippen MR) is 265 cm³/mol. The van der Waals surface area contributed by atoms with Crippen LogP contribution in [-0.2, 0) is 23.2 Å². The number of hydrogen-bond donors (Lipinski definition) is 3. The zero-order valence-corrected chi connectivity index (χ0v) is 42.4. The number of nitrogens with zero attached hydrogens (tertiary/aromatic N) is 1. The van der Waals surface area contributed by atoms with E-state index in [1.165, 1.54) is 89.9 Å². The Hall–Kier alpha value is -2.43. The summed E-state index contributed by atoms with van der Waals surface area (Å²) in [6, 6.07) is 0. The van der Waals surface area contributed by atoms with E-state index in [0.29, 0.717) is 12.8 Å². The van der Waals surface area contributed by atoms with E-state index in [9.17, 15) is 29.3 Å². The van der Waals surface area contributed by atoms with Crippen molar-refractivity contribution in [2.75, 3.05) is 40.9 Å². The van der Waals surface area contributed by atoms with Crippen molar-refractivity contribution >= 4 is 19.4 Å². The molecule has 0 spiro atoms. The molecule has 0 aromatic rings. The van der Waals surface area contributed by atoms with Crippen molar-refractivity contribution in [2.24, 2.45) is 0 Å². The Balaban J connectivity index is 4.92. The van der Waals surface area contributed by atoms with Gasteiger partial charge in [-0.05, 0) is 62.2 Å². The Kier molecular flexibility index (Phi) is 40.4.